The van der Waals surface area contributed by atoms with Crippen LogP contribution in [0.2, 0.25) is 0 Å². The molecule has 1 aromatic carbocycles. The Balaban J connectivity index is 1.61. The van der Waals surface area contributed by atoms with Gasteiger partial charge in [-0.1, -0.05) is 31.4 Å². The third kappa shape index (κ3) is 4.04. The molecular formula is C23H28N2O2S. The quantitative estimate of drug-likeness (QED) is 0.711. The Morgan fingerprint density at radius 1 is 1.14 bits per heavy atom. The highest BCUT2D eigenvalue weighted by Crippen LogP contribution is 2.33. The molecule has 1 saturated heterocycles. The fraction of sp³-hybridized carbons (Fsp3) is 0.522. The molecule has 1 amide bonds. The fourth-order valence-electron chi connectivity index (χ4n) is 4.66. The molecule has 2 heterocycles. The lowest BCUT2D eigenvalue weighted by molar-refractivity contribution is -0.126. The van der Waals surface area contributed by atoms with Crippen LogP contribution in [0.15, 0.2) is 29.6 Å². The summed E-state index contributed by atoms with van der Waals surface area (Å²) in [5.41, 5.74) is 2.70. The zero-order chi connectivity index (χ0) is 19.5. The minimum Gasteiger partial charge on any atom is -0.335 e. The van der Waals surface area contributed by atoms with E-state index in [0.29, 0.717) is 17.8 Å². The topological polar surface area (TPSA) is 50.3 Å². The van der Waals surface area contributed by atoms with Crippen LogP contribution in [0.1, 0.15) is 67.4 Å². The van der Waals surface area contributed by atoms with Gasteiger partial charge in [0.1, 0.15) is 10.8 Å². The number of thiazole rings is 1. The summed E-state index contributed by atoms with van der Waals surface area (Å²) in [7, 11) is 0. The van der Waals surface area contributed by atoms with Gasteiger partial charge in [-0.2, -0.15) is 0 Å². The minimum absolute atomic E-state index is 0.0283. The molecule has 1 aliphatic heterocycles. The third-order valence-corrected chi connectivity index (χ3v) is 7.11. The first kappa shape index (κ1) is 19.3. The van der Waals surface area contributed by atoms with Crippen molar-refractivity contribution in [1.82, 2.24) is 9.88 Å². The highest BCUT2D eigenvalue weighted by atomic mass is 32.1. The Hall–Kier alpha value is -2.01. The Labute approximate surface area is 171 Å². The number of Topliss-reactive ketones (excluding diaryl/α,β-unsaturated/α-hetero) is 1. The lowest BCUT2D eigenvalue weighted by Crippen LogP contribution is -2.47. The minimum atomic E-state index is 0.0283. The summed E-state index contributed by atoms with van der Waals surface area (Å²) in [6.45, 7) is 2.74. The predicted octanol–water partition coefficient (Wildman–Crippen LogP) is 5.26. The number of carbonyl (C=O) groups is 2. The summed E-state index contributed by atoms with van der Waals surface area (Å²) >= 11 is 1.60. The zero-order valence-corrected chi connectivity index (χ0v) is 17.3. The van der Waals surface area contributed by atoms with Crippen molar-refractivity contribution in [2.24, 2.45) is 5.92 Å². The van der Waals surface area contributed by atoms with E-state index in [9.17, 15) is 9.59 Å². The highest BCUT2D eigenvalue weighted by Gasteiger charge is 2.37. The van der Waals surface area contributed by atoms with Crippen LogP contribution in [0.25, 0.3) is 10.6 Å². The molecule has 148 valence electrons. The maximum Gasteiger partial charge on any atom is 0.254 e. The normalized spacial score (nSPS) is 23.5. The number of aryl methyl sites for hydroxylation is 1. The van der Waals surface area contributed by atoms with Crippen molar-refractivity contribution >= 4 is 23.0 Å². The van der Waals surface area contributed by atoms with E-state index in [4.69, 9.17) is 0 Å². The van der Waals surface area contributed by atoms with Gasteiger partial charge in [-0.25, -0.2) is 4.98 Å². The van der Waals surface area contributed by atoms with E-state index in [0.717, 1.165) is 67.8 Å². The van der Waals surface area contributed by atoms with Gasteiger partial charge < -0.3 is 4.90 Å². The Morgan fingerprint density at radius 3 is 2.79 bits per heavy atom. The maximum atomic E-state index is 13.5. The third-order valence-electron chi connectivity index (χ3n) is 6.10. The van der Waals surface area contributed by atoms with Gasteiger partial charge in [-0.15, -0.1) is 11.3 Å². The Bertz CT molecular complexity index is 860. The largest absolute Gasteiger partial charge is 0.335 e. The van der Waals surface area contributed by atoms with Crippen LogP contribution in [0.4, 0.5) is 0 Å². The van der Waals surface area contributed by atoms with Gasteiger partial charge >= 0.3 is 0 Å². The standard InChI is InChI=1S/C23H28N2O2S/c1-16-15-28-22(24-16)17-8-7-9-18(14-17)23(27)25-13-6-2-3-11-20(25)19-10-4-5-12-21(19)26/h7-9,14-15,19-20H,2-6,10-13H2,1H3. The summed E-state index contributed by atoms with van der Waals surface area (Å²) in [5.74, 6) is 0.462. The van der Waals surface area contributed by atoms with Crippen LogP contribution >= 0.6 is 11.3 Å². The van der Waals surface area contributed by atoms with E-state index in [1.165, 1.54) is 0 Å². The molecule has 2 aromatic rings. The molecule has 0 bridgehead atoms. The Morgan fingerprint density at radius 2 is 2.00 bits per heavy atom. The number of hydrogen-bond acceptors (Lipinski definition) is 4. The van der Waals surface area contributed by atoms with Gasteiger partial charge in [0.15, 0.2) is 0 Å². The summed E-state index contributed by atoms with van der Waals surface area (Å²) in [5, 5.41) is 2.98. The number of aromatic nitrogens is 1. The molecular weight excluding hydrogens is 368 g/mol. The van der Waals surface area contributed by atoms with E-state index in [-0.39, 0.29) is 17.9 Å². The van der Waals surface area contributed by atoms with Crippen LogP contribution in [-0.2, 0) is 4.79 Å². The zero-order valence-electron chi connectivity index (χ0n) is 16.5. The molecule has 0 spiro atoms. The monoisotopic (exact) mass is 396 g/mol. The van der Waals surface area contributed by atoms with Crippen molar-refractivity contribution in [3.63, 3.8) is 0 Å². The molecule has 4 rings (SSSR count). The molecule has 1 aromatic heterocycles. The second-order valence-electron chi connectivity index (χ2n) is 8.11. The second kappa shape index (κ2) is 8.56. The van der Waals surface area contributed by atoms with Gasteiger partial charge in [0, 0.05) is 47.1 Å². The van der Waals surface area contributed by atoms with E-state index < -0.39 is 0 Å². The molecule has 2 fully saturated rings. The van der Waals surface area contributed by atoms with E-state index in [2.05, 4.69) is 4.98 Å². The van der Waals surface area contributed by atoms with Gasteiger partial charge in [0.2, 0.25) is 0 Å². The molecule has 4 nitrogen and oxygen atoms in total. The number of nitrogens with zero attached hydrogens (tertiary/aromatic N) is 2. The molecule has 28 heavy (non-hydrogen) atoms. The average Bonchev–Trinajstić information content (AvgIpc) is 3.01. The van der Waals surface area contributed by atoms with Crippen molar-refractivity contribution in [2.75, 3.05) is 6.54 Å². The van der Waals surface area contributed by atoms with Gasteiger partial charge in [-0.05, 0) is 44.7 Å². The number of benzene rings is 1. The SMILES string of the molecule is Cc1csc(-c2cccc(C(=O)N3CCCCCC3C3CCCCC3=O)c2)n1. The molecule has 5 heteroatoms. The van der Waals surface area contributed by atoms with Crippen molar-refractivity contribution in [1.29, 1.82) is 0 Å². The first-order valence-corrected chi connectivity index (χ1v) is 11.4. The molecule has 0 N–H and O–H groups in total. The van der Waals surface area contributed by atoms with Gasteiger partial charge in [-0.3, -0.25) is 9.59 Å². The molecule has 2 unspecified atom stereocenters. The number of rotatable bonds is 3. The van der Waals surface area contributed by atoms with Crippen LogP contribution in [-0.4, -0.2) is 34.2 Å². The molecule has 2 aliphatic rings. The van der Waals surface area contributed by atoms with E-state index in [1.807, 2.05) is 41.5 Å². The van der Waals surface area contributed by atoms with Crippen LogP contribution in [0.3, 0.4) is 0 Å². The summed E-state index contributed by atoms with van der Waals surface area (Å²) in [6.07, 6.45) is 7.95. The van der Waals surface area contributed by atoms with Crippen molar-refractivity contribution < 1.29 is 9.59 Å². The van der Waals surface area contributed by atoms with Crippen molar-refractivity contribution in [3.8, 4) is 10.6 Å². The molecule has 1 aliphatic carbocycles. The fourth-order valence-corrected chi connectivity index (χ4v) is 5.45. The summed E-state index contributed by atoms with van der Waals surface area (Å²) < 4.78 is 0. The maximum absolute atomic E-state index is 13.5. The molecule has 2 atom stereocenters. The van der Waals surface area contributed by atoms with Crippen LogP contribution in [0.5, 0.6) is 0 Å². The van der Waals surface area contributed by atoms with Gasteiger partial charge in [0.25, 0.3) is 5.91 Å². The van der Waals surface area contributed by atoms with Crippen molar-refractivity contribution in [2.45, 2.75) is 64.3 Å². The number of hydrogen-bond donors (Lipinski definition) is 0. The van der Waals surface area contributed by atoms with Crippen LogP contribution in [0, 0.1) is 12.8 Å². The van der Waals surface area contributed by atoms with E-state index >= 15 is 0 Å². The second-order valence-corrected chi connectivity index (χ2v) is 8.97. The summed E-state index contributed by atoms with van der Waals surface area (Å²) in [4.78, 5) is 32.7. The molecule has 1 saturated carbocycles. The van der Waals surface area contributed by atoms with E-state index in [1.54, 1.807) is 11.3 Å². The van der Waals surface area contributed by atoms with Gasteiger partial charge in [0.05, 0.1) is 0 Å². The Kier molecular flexibility index (Phi) is 5.90. The number of ketones is 1. The number of carbonyl (C=O) groups excluding carboxylic acids is 2. The van der Waals surface area contributed by atoms with Crippen molar-refractivity contribution in [3.05, 3.63) is 40.9 Å². The lowest BCUT2D eigenvalue weighted by atomic mass is 9.80. The first-order valence-electron chi connectivity index (χ1n) is 10.5. The first-order chi connectivity index (χ1) is 13.6. The average molecular weight is 397 g/mol. The summed E-state index contributed by atoms with van der Waals surface area (Å²) in [6, 6.07) is 7.88. The highest BCUT2D eigenvalue weighted by molar-refractivity contribution is 7.13. The predicted molar refractivity (Wildman–Crippen MR) is 113 cm³/mol. The van der Waals surface area contributed by atoms with Crippen LogP contribution < -0.4 is 0 Å². The smallest absolute Gasteiger partial charge is 0.254 e. The number of amides is 1. The lowest BCUT2D eigenvalue weighted by Gasteiger charge is -2.37. The molecule has 0 radical (unpaired) electrons. The number of likely N-dealkylation sites (tertiary alicyclic amines) is 1.